The summed E-state index contributed by atoms with van der Waals surface area (Å²) in [6, 6.07) is 15.5. The molecule has 0 aliphatic rings. The number of carbonyl (C=O) groups is 1. The second kappa shape index (κ2) is 7.11. The first kappa shape index (κ1) is 15.3. The molecule has 2 aromatic carbocycles. The molecule has 3 rings (SSSR count). The summed E-state index contributed by atoms with van der Waals surface area (Å²) in [6.45, 7) is 3.16. The molecule has 5 nitrogen and oxygen atoms in total. The minimum atomic E-state index is -0.208. The van der Waals surface area contributed by atoms with Crippen LogP contribution in [0.4, 0.5) is 15.6 Å². The van der Waals surface area contributed by atoms with Crippen LogP contribution in [0, 0.1) is 6.92 Å². The van der Waals surface area contributed by atoms with E-state index in [2.05, 4.69) is 20.9 Å². The predicted molar refractivity (Wildman–Crippen MR) is 96.3 cm³/mol. The molecule has 1 aromatic heterocycles. The Morgan fingerprint density at radius 1 is 1.09 bits per heavy atom. The number of carbonyl (C=O) groups excluding carboxylic acids is 1. The Balaban J connectivity index is 1.42. The molecule has 0 aliphatic carbocycles. The number of anilines is 2. The van der Waals surface area contributed by atoms with Crippen LogP contribution in [0.2, 0.25) is 0 Å². The van der Waals surface area contributed by atoms with E-state index in [4.69, 9.17) is 0 Å². The van der Waals surface area contributed by atoms with Crippen molar-refractivity contribution >= 4 is 38.4 Å². The maximum atomic E-state index is 11.8. The van der Waals surface area contributed by atoms with E-state index < -0.39 is 0 Å². The maximum Gasteiger partial charge on any atom is 0.319 e. The molecule has 2 amide bonds. The number of aryl methyl sites for hydroxylation is 1. The topological polar surface area (TPSA) is 66.1 Å². The van der Waals surface area contributed by atoms with Crippen LogP contribution in [-0.2, 0) is 0 Å². The van der Waals surface area contributed by atoms with Crippen LogP contribution in [0.3, 0.4) is 0 Å². The van der Waals surface area contributed by atoms with E-state index in [0.29, 0.717) is 13.1 Å². The Morgan fingerprint density at radius 3 is 2.65 bits per heavy atom. The summed E-state index contributed by atoms with van der Waals surface area (Å²) in [5.41, 5.74) is 2.94. The SMILES string of the molecule is Cc1ccc(NC(=O)NCCNc2nc3ccccc3s2)cc1. The summed E-state index contributed by atoms with van der Waals surface area (Å²) in [6.07, 6.45) is 0. The van der Waals surface area contributed by atoms with E-state index in [-0.39, 0.29) is 6.03 Å². The van der Waals surface area contributed by atoms with Crippen molar-refractivity contribution in [2.24, 2.45) is 0 Å². The average molecular weight is 326 g/mol. The number of fused-ring (bicyclic) bond motifs is 1. The van der Waals surface area contributed by atoms with Crippen molar-refractivity contribution in [3.8, 4) is 0 Å². The van der Waals surface area contributed by atoms with Gasteiger partial charge in [0.2, 0.25) is 0 Å². The van der Waals surface area contributed by atoms with Gasteiger partial charge in [0, 0.05) is 18.8 Å². The molecule has 0 saturated carbocycles. The molecular formula is C17H18N4OS. The van der Waals surface area contributed by atoms with E-state index in [0.717, 1.165) is 26.6 Å². The van der Waals surface area contributed by atoms with Crippen LogP contribution < -0.4 is 16.0 Å². The molecular weight excluding hydrogens is 308 g/mol. The van der Waals surface area contributed by atoms with Gasteiger partial charge in [-0.15, -0.1) is 0 Å². The lowest BCUT2D eigenvalue weighted by Gasteiger charge is -2.08. The average Bonchev–Trinajstić information content (AvgIpc) is 2.96. The molecule has 0 radical (unpaired) electrons. The zero-order chi connectivity index (χ0) is 16.1. The number of nitrogens with zero attached hydrogens (tertiary/aromatic N) is 1. The second-order valence-corrected chi connectivity index (χ2v) is 6.19. The lowest BCUT2D eigenvalue weighted by atomic mass is 10.2. The Hall–Kier alpha value is -2.60. The van der Waals surface area contributed by atoms with Crippen LogP contribution in [-0.4, -0.2) is 24.1 Å². The van der Waals surface area contributed by atoms with E-state index in [9.17, 15) is 4.79 Å². The van der Waals surface area contributed by atoms with Crippen molar-refractivity contribution in [2.75, 3.05) is 23.7 Å². The third-order valence-corrected chi connectivity index (χ3v) is 4.28. The molecule has 118 valence electrons. The van der Waals surface area contributed by atoms with Gasteiger partial charge in [-0.05, 0) is 31.2 Å². The highest BCUT2D eigenvalue weighted by Gasteiger charge is 2.03. The van der Waals surface area contributed by atoms with Gasteiger partial charge in [-0.3, -0.25) is 0 Å². The highest BCUT2D eigenvalue weighted by Crippen LogP contribution is 2.24. The number of hydrogen-bond donors (Lipinski definition) is 3. The normalized spacial score (nSPS) is 10.5. The molecule has 1 heterocycles. The molecule has 0 bridgehead atoms. The third-order valence-electron chi connectivity index (χ3n) is 3.29. The van der Waals surface area contributed by atoms with Crippen LogP contribution in [0.1, 0.15) is 5.56 Å². The number of rotatable bonds is 5. The van der Waals surface area contributed by atoms with Crippen molar-refractivity contribution in [2.45, 2.75) is 6.92 Å². The van der Waals surface area contributed by atoms with Crippen molar-refractivity contribution in [1.29, 1.82) is 0 Å². The number of urea groups is 1. The van der Waals surface area contributed by atoms with Crippen LogP contribution >= 0.6 is 11.3 Å². The van der Waals surface area contributed by atoms with Gasteiger partial charge in [-0.1, -0.05) is 41.2 Å². The Bertz CT molecular complexity index is 765. The van der Waals surface area contributed by atoms with Crippen LogP contribution in [0.5, 0.6) is 0 Å². The zero-order valence-electron chi connectivity index (χ0n) is 12.8. The lowest BCUT2D eigenvalue weighted by Crippen LogP contribution is -2.32. The summed E-state index contributed by atoms with van der Waals surface area (Å²) in [5.74, 6) is 0. The first-order valence-corrected chi connectivity index (χ1v) is 8.23. The summed E-state index contributed by atoms with van der Waals surface area (Å²) in [7, 11) is 0. The van der Waals surface area contributed by atoms with Gasteiger partial charge in [-0.25, -0.2) is 9.78 Å². The Morgan fingerprint density at radius 2 is 1.87 bits per heavy atom. The van der Waals surface area contributed by atoms with Gasteiger partial charge >= 0.3 is 6.03 Å². The van der Waals surface area contributed by atoms with Gasteiger partial charge < -0.3 is 16.0 Å². The first-order valence-electron chi connectivity index (χ1n) is 7.42. The van der Waals surface area contributed by atoms with Gasteiger partial charge in [-0.2, -0.15) is 0 Å². The van der Waals surface area contributed by atoms with Crippen LogP contribution in [0.15, 0.2) is 48.5 Å². The number of amides is 2. The largest absolute Gasteiger partial charge is 0.360 e. The molecule has 3 aromatic rings. The fourth-order valence-corrected chi connectivity index (χ4v) is 3.00. The third kappa shape index (κ3) is 4.20. The number of benzene rings is 2. The standard InChI is InChI=1S/C17H18N4OS/c1-12-6-8-13(9-7-12)20-16(22)18-10-11-19-17-21-14-4-2-3-5-15(14)23-17/h2-9H,10-11H2,1H3,(H,19,21)(H2,18,20,22). The summed E-state index contributed by atoms with van der Waals surface area (Å²) >= 11 is 1.61. The molecule has 0 fully saturated rings. The Labute approximate surface area is 138 Å². The van der Waals surface area contributed by atoms with Crippen molar-refractivity contribution in [3.05, 3.63) is 54.1 Å². The van der Waals surface area contributed by atoms with Crippen molar-refractivity contribution in [1.82, 2.24) is 10.3 Å². The summed E-state index contributed by atoms with van der Waals surface area (Å²) in [5, 5.41) is 9.71. The lowest BCUT2D eigenvalue weighted by molar-refractivity contribution is 0.252. The van der Waals surface area contributed by atoms with Crippen LogP contribution in [0.25, 0.3) is 10.2 Å². The second-order valence-electron chi connectivity index (χ2n) is 5.16. The van der Waals surface area contributed by atoms with Gasteiger partial charge in [0.25, 0.3) is 0 Å². The smallest absolute Gasteiger partial charge is 0.319 e. The van der Waals surface area contributed by atoms with E-state index in [1.54, 1.807) is 11.3 Å². The van der Waals surface area contributed by atoms with E-state index >= 15 is 0 Å². The number of nitrogens with one attached hydrogen (secondary N) is 3. The molecule has 3 N–H and O–H groups in total. The van der Waals surface area contributed by atoms with Crippen molar-refractivity contribution < 1.29 is 4.79 Å². The molecule has 0 spiro atoms. The van der Waals surface area contributed by atoms with Gasteiger partial charge in [0.1, 0.15) is 0 Å². The molecule has 0 atom stereocenters. The monoisotopic (exact) mass is 326 g/mol. The molecule has 0 unspecified atom stereocenters. The molecule has 0 saturated heterocycles. The fourth-order valence-electron chi connectivity index (χ4n) is 2.11. The highest BCUT2D eigenvalue weighted by atomic mass is 32.1. The van der Waals surface area contributed by atoms with E-state index in [1.807, 2.05) is 55.5 Å². The maximum absolute atomic E-state index is 11.8. The van der Waals surface area contributed by atoms with Gasteiger partial charge in [0.05, 0.1) is 10.2 Å². The number of thiazole rings is 1. The zero-order valence-corrected chi connectivity index (χ0v) is 13.6. The summed E-state index contributed by atoms with van der Waals surface area (Å²) in [4.78, 5) is 16.3. The predicted octanol–water partition coefficient (Wildman–Crippen LogP) is 3.84. The van der Waals surface area contributed by atoms with E-state index in [1.165, 1.54) is 0 Å². The number of hydrogen-bond acceptors (Lipinski definition) is 4. The number of aromatic nitrogens is 1. The quantitative estimate of drug-likeness (QED) is 0.624. The summed E-state index contributed by atoms with van der Waals surface area (Å²) < 4.78 is 1.15. The minimum absolute atomic E-state index is 0.208. The molecule has 23 heavy (non-hydrogen) atoms. The molecule has 6 heteroatoms. The first-order chi connectivity index (χ1) is 11.2. The van der Waals surface area contributed by atoms with Crippen molar-refractivity contribution in [3.63, 3.8) is 0 Å². The highest BCUT2D eigenvalue weighted by molar-refractivity contribution is 7.22. The number of para-hydroxylation sites is 1. The molecule has 0 aliphatic heterocycles. The van der Waals surface area contributed by atoms with Gasteiger partial charge in [0.15, 0.2) is 5.13 Å². The Kier molecular flexibility index (Phi) is 4.73. The minimum Gasteiger partial charge on any atom is -0.360 e. The fraction of sp³-hybridized carbons (Fsp3) is 0.176.